The first-order valence-corrected chi connectivity index (χ1v) is 10.3. The SMILES string of the molecule is Cc1nc2ccc(-c3ccc(C(=O)N[C@H]4CS(=O)(=O)C[C@@H]4O)cc3)cn2n1. The van der Waals surface area contributed by atoms with Gasteiger partial charge in [-0.1, -0.05) is 12.1 Å². The summed E-state index contributed by atoms with van der Waals surface area (Å²) in [6.07, 6.45) is 0.792. The van der Waals surface area contributed by atoms with Crippen molar-refractivity contribution in [1.29, 1.82) is 0 Å². The van der Waals surface area contributed by atoms with Crippen molar-refractivity contribution in [1.82, 2.24) is 19.9 Å². The molecule has 1 aromatic carbocycles. The molecule has 4 rings (SSSR count). The average Bonchev–Trinajstić information content (AvgIpc) is 3.11. The lowest BCUT2D eigenvalue weighted by Crippen LogP contribution is -2.42. The van der Waals surface area contributed by atoms with Crippen LogP contribution in [0.25, 0.3) is 16.8 Å². The number of hydrogen-bond donors (Lipinski definition) is 2. The maximum atomic E-state index is 12.3. The zero-order valence-electron chi connectivity index (χ0n) is 14.5. The molecule has 3 heterocycles. The summed E-state index contributed by atoms with van der Waals surface area (Å²) in [7, 11) is -3.31. The highest BCUT2D eigenvalue weighted by Gasteiger charge is 2.37. The largest absolute Gasteiger partial charge is 0.390 e. The number of carbonyl (C=O) groups excluding carboxylic acids is 1. The molecule has 0 radical (unpaired) electrons. The standard InChI is InChI=1S/C18H18N4O4S/c1-11-19-17-7-6-14(8-22(17)21-11)12-2-4-13(5-3-12)18(24)20-15-9-27(25,26)10-16(15)23/h2-8,15-16,23H,9-10H2,1H3,(H,20,24)/t15-,16-/m0/s1. The Labute approximate surface area is 155 Å². The first kappa shape index (κ1) is 17.6. The molecule has 140 valence electrons. The number of aliphatic hydroxyl groups excluding tert-OH is 1. The highest BCUT2D eigenvalue weighted by atomic mass is 32.2. The number of aromatic nitrogens is 3. The normalized spacial score (nSPS) is 21.4. The first-order valence-electron chi connectivity index (χ1n) is 8.43. The van der Waals surface area contributed by atoms with Crippen molar-refractivity contribution in [2.45, 2.75) is 19.1 Å². The number of nitrogens with zero attached hydrogens (tertiary/aromatic N) is 3. The van der Waals surface area contributed by atoms with Crippen LogP contribution in [0.4, 0.5) is 0 Å². The van der Waals surface area contributed by atoms with Gasteiger partial charge in [-0.2, -0.15) is 5.10 Å². The molecule has 1 fully saturated rings. The molecule has 9 heteroatoms. The Hall–Kier alpha value is -2.78. The molecular weight excluding hydrogens is 368 g/mol. The van der Waals surface area contributed by atoms with Crippen molar-refractivity contribution >= 4 is 21.4 Å². The quantitative estimate of drug-likeness (QED) is 0.681. The second kappa shape index (κ2) is 6.43. The molecule has 3 aromatic rings. The van der Waals surface area contributed by atoms with Crippen LogP contribution in [-0.2, 0) is 9.84 Å². The summed E-state index contributed by atoms with van der Waals surface area (Å²) >= 11 is 0. The Morgan fingerprint density at radius 2 is 1.85 bits per heavy atom. The summed E-state index contributed by atoms with van der Waals surface area (Å²) < 4.78 is 24.8. The molecule has 0 saturated carbocycles. The molecule has 0 spiro atoms. The molecule has 1 amide bonds. The summed E-state index contributed by atoms with van der Waals surface area (Å²) in [4.78, 5) is 16.6. The number of fused-ring (bicyclic) bond motifs is 1. The van der Waals surface area contributed by atoms with E-state index < -0.39 is 27.9 Å². The van der Waals surface area contributed by atoms with E-state index in [9.17, 15) is 18.3 Å². The number of amides is 1. The number of benzene rings is 1. The summed E-state index contributed by atoms with van der Waals surface area (Å²) in [5.41, 5.74) is 2.99. The summed E-state index contributed by atoms with van der Waals surface area (Å²) in [5, 5.41) is 16.7. The number of carbonyl (C=O) groups is 1. The van der Waals surface area contributed by atoms with Gasteiger partial charge in [0.2, 0.25) is 0 Å². The highest BCUT2D eigenvalue weighted by molar-refractivity contribution is 7.91. The number of sulfone groups is 1. The fourth-order valence-corrected chi connectivity index (χ4v) is 4.94. The van der Waals surface area contributed by atoms with Gasteiger partial charge in [0.25, 0.3) is 5.91 Å². The van der Waals surface area contributed by atoms with Crippen LogP contribution in [0.5, 0.6) is 0 Å². The molecular formula is C18H18N4O4S. The van der Waals surface area contributed by atoms with Gasteiger partial charge >= 0.3 is 0 Å². The Morgan fingerprint density at radius 3 is 2.52 bits per heavy atom. The third-order valence-corrected chi connectivity index (χ3v) is 6.27. The minimum absolute atomic E-state index is 0.241. The van der Waals surface area contributed by atoms with Crippen LogP contribution in [0.15, 0.2) is 42.6 Å². The van der Waals surface area contributed by atoms with Crippen LogP contribution >= 0.6 is 0 Å². The lowest BCUT2D eigenvalue weighted by Gasteiger charge is -2.15. The van der Waals surface area contributed by atoms with E-state index in [-0.39, 0.29) is 11.5 Å². The number of pyridine rings is 1. The van der Waals surface area contributed by atoms with Crippen LogP contribution in [0.2, 0.25) is 0 Å². The molecule has 1 saturated heterocycles. The van der Waals surface area contributed by atoms with E-state index in [1.165, 1.54) is 0 Å². The molecule has 0 bridgehead atoms. The lowest BCUT2D eigenvalue weighted by atomic mass is 10.0. The number of aryl methyl sites for hydroxylation is 1. The van der Waals surface area contributed by atoms with E-state index in [1.54, 1.807) is 16.6 Å². The van der Waals surface area contributed by atoms with E-state index in [0.717, 1.165) is 16.8 Å². The maximum Gasteiger partial charge on any atom is 0.251 e. The molecule has 2 N–H and O–H groups in total. The predicted octanol–water partition coefficient (Wildman–Crippen LogP) is 0.592. The highest BCUT2D eigenvalue weighted by Crippen LogP contribution is 2.21. The Morgan fingerprint density at radius 1 is 1.15 bits per heavy atom. The molecule has 2 aromatic heterocycles. The summed E-state index contributed by atoms with van der Waals surface area (Å²) in [6, 6.07) is 9.97. The van der Waals surface area contributed by atoms with E-state index in [0.29, 0.717) is 11.4 Å². The number of nitrogens with one attached hydrogen (secondary N) is 1. The number of hydrogen-bond acceptors (Lipinski definition) is 6. The summed E-state index contributed by atoms with van der Waals surface area (Å²) in [5.74, 6) is -0.281. The predicted molar refractivity (Wildman–Crippen MR) is 99.1 cm³/mol. The molecule has 0 aliphatic carbocycles. The smallest absolute Gasteiger partial charge is 0.251 e. The van der Waals surface area contributed by atoms with Crippen LogP contribution in [0, 0.1) is 6.92 Å². The van der Waals surface area contributed by atoms with E-state index in [4.69, 9.17) is 0 Å². The maximum absolute atomic E-state index is 12.3. The Kier molecular flexibility index (Phi) is 4.20. The topological polar surface area (TPSA) is 114 Å². The fourth-order valence-electron chi connectivity index (χ4n) is 3.20. The zero-order chi connectivity index (χ0) is 19.2. The van der Waals surface area contributed by atoms with Gasteiger partial charge < -0.3 is 10.4 Å². The minimum Gasteiger partial charge on any atom is -0.390 e. The van der Waals surface area contributed by atoms with Gasteiger partial charge in [0.15, 0.2) is 15.5 Å². The van der Waals surface area contributed by atoms with Crippen LogP contribution < -0.4 is 5.32 Å². The third-order valence-electron chi connectivity index (χ3n) is 4.56. The second-order valence-corrected chi connectivity index (χ2v) is 8.83. The van der Waals surface area contributed by atoms with E-state index in [1.807, 2.05) is 37.4 Å². The van der Waals surface area contributed by atoms with Crippen molar-refractivity contribution in [2.75, 3.05) is 11.5 Å². The van der Waals surface area contributed by atoms with Gasteiger partial charge in [0, 0.05) is 17.3 Å². The van der Waals surface area contributed by atoms with Crippen molar-refractivity contribution in [3.63, 3.8) is 0 Å². The fraction of sp³-hybridized carbons (Fsp3) is 0.278. The summed E-state index contributed by atoms with van der Waals surface area (Å²) in [6.45, 7) is 1.83. The van der Waals surface area contributed by atoms with Crippen molar-refractivity contribution in [2.24, 2.45) is 0 Å². The molecule has 1 aliphatic rings. The van der Waals surface area contributed by atoms with Gasteiger partial charge in [-0.15, -0.1) is 0 Å². The van der Waals surface area contributed by atoms with Crippen molar-refractivity contribution < 1.29 is 18.3 Å². The third kappa shape index (κ3) is 3.56. The monoisotopic (exact) mass is 386 g/mol. The zero-order valence-corrected chi connectivity index (χ0v) is 15.3. The number of rotatable bonds is 3. The van der Waals surface area contributed by atoms with Gasteiger partial charge in [-0.25, -0.2) is 17.9 Å². The van der Waals surface area contributed by atoms with Gasteiger partial charge in [-0.3, -0.25) is 4.79 Å². The second-order valence-electron chi connectivity index (χ2n) is 6.68. The molecule has 27 heavy (non-hydrogen) atoms. The minimum atomic E-state index is -3.31. The Balaban J connectivity index is 1.51. The average molecular weight is 386 g/mol. The van der Waals surface area contributed by atoms with Crippen LogP contribution in [-0.4, -0.2) is 57.7 Å². The molecule has 2 atom stereocenters. The molecule has 0 unspecified atom stereocenters. The lowest BCUT2D eigenvalue weighted by molar-refractivity contribution is 0.0889. The van der Waals surface area contributed by atoms with Crippen molar-refractivity contribution in [3.8, 4) is 11.1 Å². The van der Waals surface area contributed by atoms with E-state index >= 15 is 0 Å². The van der Waals surface area contributed by atoms with Gasteiger partial charge in [-0.05, 0) is 36.8 Å². The van der Waals surface area contributed by atoms with Gasteiger partial charge in [0.05, 0.1) is 23.7 Å². The molecule has 8 nitrogen and oxygen atoms in total. The van der Waals surface area contributed by atoms with Crippen LogP contribution in [0.1, 0.15) is 16.2 Å². The van der Waals surface area contributed by atoms with Crippen molar-refractivity contribution in [3.05, 3.63) is 54.0 Å². The van der Waals surface area contributed by atoms with Gasteiger partial charge in [0.1, 0.15) is 5.82 Å². The molecule has 1 aliphatic heterocycles. The first-order chi connectivity index (χ1) is 12.8. The van der Waals surface area contributed by atoms with Crippen LogP contribution in [0.3, 0.4) is 0 Å². The van der Waals surface area contributed by atoms with E-state index in [2.05, 4.69) is 15.4 Å². The number of aliphatic hydroxyl groups is 1. The Bertz CT molecular complexity index is 1120.